The lowest BCUT2D eigenvalue weighted by Gasteiger charge is -2.27. The van der Waals surface area contributed by atoms with Gasteiger partial charge in [-0.15, -0.1) is 0 Å². The van der Waals surface area contributed by atoms with Gasteiger partial charge in [-0.1, -0.05) is 0 Å². The molecule has 1 amide bonds. The number of carbonyl (C=O) groups excluding carboxylic acids is 1. The molecule has 150 valence electrons. The Balaban J connectivity index is 1.42. The van der Waals surface area contributed by atoms with Gasteiger partial charge in [0.1, 0.15) is 11.8 Å². The van der Waals surface area contributed by atoms with E-state index < -0.39 is 6.09 Å². The molecule has 1 saturated heterocycles. The van der Waals surface area contributed by atoms with Crippen LogP contribution in [0.5, 0.6) is 0 Å². The fourth-order valence-corrected chi connectivity index (χ4v) is 4.01. The highest BCUT2D eigenvalue weighted by molar-refractivity contribution is 5.98. The van der Waals surface area contributed by atoms with Crippen molar-refractivity contribution in [2.45, 2.75) is 18.9 Å². The number of cyclic esters (lactones) is 1. The number of morpholine rings is 1. The highest BCUT2D eigenvalue weighted by Gasteiger charge is 2.25. The number of ether oxygens (including phenoxy) is 2. The molecule has 0 bridgehead atoms. The summed E-state index contributed by atoms with van der Waals surface area (Å²) in [7, 11) is 0. The Bertz CT molecular complexity index is 1010. The number of nitrogens with one attached hydrogen (secondary N) is 2. The summed E-state index contributed by atoms with van der Waals surface area (Å²) in [6.45, 7) is 4.30. The molecule has 4 heterocycles. The van der Waals surface area contributed by atoms with Crippen molar-refractivity contribution in [3.8, 4) is 11.3 Å². The van der Waals surface area contributed by atoms with Gasteiger partial charge in [-0.3, -0.25) is 20.3 Å². The predicted molar refractivity (Wildman–Crippen MR) is 109 cm³/mol. The van der Waals surface area contributed by atoms with Gasteiger partial charge in [0.25, 0.3) is 0 Å². The number of anilines is 1. The standard InChI is InChI=1S/C21H23N5O3/c27-21-23-18-13-19-17(20(25-24-19)14-1-4-22-5-2-14)12-15(18)11-16(29-21)3-6-26-7-9-28-10-8-26/h1-2,4-5,12-13,16H,3,6-11H2,(H,23,27)(H,24,25). The van der Waals surface area contributed by atoms with Crippen LogP contribution in [0.4, 0.5) is 10.5 Å². The van der Waals surface area contributed by atoms with Crippen molar-refractivity contribution in [2.75, 3.05) is 38.2 Å². The van der Waals surface area contributed by atoms with Crippen molar-refractivity contribution in [3.05, 3.63) is 42.2 Å². The Kier molecular flexibility index (Phi) is 4.87. The average Bonchev–Trinajstić information content (AvgIpc) is 3.08. The van der Waals surface area contributed by atoms with Gasteiger partial charge in [0.05, 0.1) is 18.7 Å². The Morgan fingerprint density at radius 3 is 2.83 bits per heavy atom. The first-order valence-electron chi connectivity index (χ1n) is 9.95. The van der Waals surface area contributed by atoms with Crippen LogP contribution in [0.15, 0.2) is 36.7 Å². The summed E-state index contributed by atoms with van der Waals surface area (Å²) in [5, 5.41) is 11.5. The molecule has 29 heavy (non-hydrogen) atoms. The topological polar surface area (TPSA) is 92.4 Å². The Morgan fingerprint density at radius 1 is 1.17 bits per heavy atom. The van der Waals surface area contributed by atoms with Crippen LogP contribution in [0, 0.1) is 0 Å². The lowest BCUT2D eigenvalue weighted by molar-refractivity contribution is 0.0285. The van der Waals surface area contributed by atoms with Gasteiger partial charge in [-0.25, -0.2) is 4.79 Å². The Hall–Kier alpha value is -2.97. The summed E-state index contributed by atoms with van der Waals surface area (Å²) in [6, 6.07) is 7.93. The van der Waals surface area contributed by atoms with Gasteiger partial charge in [0, 0.05) is 55.1 Å². The maximum absolute atomic E-state index is 12.3. The number of H-pyrrole nitrogens is 1. The number of aromatic nitrogens is 3. The third kappa shape index (κ3) is 3.81. The van der Waals surface area contributed by atoms with Gasteiger partial charge in [0.2, 0.25) is 0 Å². The van der Waals surface area contributed by atoms with E-state index in [2.05, 4.69) is 31.5 Å². The molecule has 3 aromatic rings. The molecule has 1 unspecified atom stereocenters. The highest BCUT2D eigenvalue weighted by Crippen LogP contribution is 2.32. The quantitative estimate of drug-likeness (QED) is 0.708. The van der Waals surface area contributed by atoms with Crippen molar-refractivity contribution in [1.29, 1.82) is 0 Å². The number of hydrogen-bond acceptors (Lipinski definition) is 6. The molecule has 2 aliphatic rings. The second-order valence-corrected chi connectivity index (χ2v) is 7.46. The molecule has 1 fully saturated rings. The number of amides is 1. The SMILES string of the molecule is O=C1Nc2cc3[nH]nc(-c4ccncc4)c3cc2CC(CCN2CCOCC2)O1. The van der Waals surface area contributed by atoms with Gasteiger partial charge >= 0.3 is 6.09 Å². The van der Waals surface area contributed by atoms with Gasteiger partial charge < -0.3 is 9.47 Å². The molecule has 2 N–H and O–H groups in total. The maximum Gasteiger partial charge on any atom is 0.411 e. The van der Waals surface area contributed by atoms with E-state index in [9.17, 15) is 4.79 Å². The van der Waals surface area contributed by atoms with Crippen LogP contribution < -0.4 is 5.32 Å². The molecule has 2 aromatic heterocycles. The normalized spacial score (nSPS) is 20.0. The van der Waals surface area contributed by atoms with Crippen LogP contribution in [0.1, 0.15) is 12.0 Å². The molecule has 5 rings (SSSR count). The zero-order chi connectivity index (χ0) is 19.6. The van der Waals surface area contributed by atoms with E-state index >= 15 is 0 Å². The van der Waals surface area contributed by atoms with Crippen molar-refractivity contribution in [2.24, 2.45) is 0 Å². The van der Waals surface area contributed by atoms with Crippen LogP contribution >= 0.6 is 0 Å². The molecule has 0 radical (unpaired) electrons. The lowest BCUT2D eigenvalue weighted by atomic mass is 10.00. The van der Waals surface area contributed by atoms with Crippen LogP contribution in [0.2, 0.25) is 0 Å². The smallest absolute Gasteiger partial charge is 0.411 e. The number of hydrogen-bond donors (Lipinski definition) is 2. The summed E-state index contributed by atoms with van der Waals surface area (Å²) >= 11 is 0. The van der Waals surface area contributed by atoms with Gasteiger partial charge in [-0.05, 0) is 36.2 Å². The number of carbonyl (C=O) groups is 1. The minimum absolute atomic E-state index is 0.159. The van der Waals surface area contributed by atoms with E-state index in [1.807, 2.05) is 18.2 Å². The maximum atomic E-state index is 12.3. The minimum atomic E-state index is -0.399. The average molecular weight is 393 g/mol. The number of rotatable bonds is 4. The molecule has 0 spiro atoms. The molecule has 0 saturated carbocycles. The summed E-state index contributed by atoms with van der Waals surface area (Å²) in [5.74, 6) is 0. The number of nitrogens with zero attached hydrogens (tertiary/aromatic N) is 3. The molecule has 2 aliphatic heterocycles. The summed E-state index contributed by atoms with van der Waals surface area (Å²) in [6.07, 6.45) is 4.43. The molecular formula is C21H23N5O3. The second-order valence-electron chi connectivity index (χ2n) is 7.46. The Labute approximate surface area is 168 Å². The minimum Gasteiger partial charge on any atom is -0.446 e. The lowest BCUT2D eigenvalue weighted by Crippen LogP contribution is -2.38. The molecule has 1 atom stereocenters. The monoisotopic (exact) mass is 393 g/mol. The summed E-state index contributed by atoms with van der Waals surface area (Å²) in [4.78, 5) is 18.7. The molecular weight excluding hydrogens is 370 g/mol. The zero-order valence-electron chi connectivity index (χ0n) is 16.1. The molecule has 8 heteroatoms. The van der Waals surface area contributed by atoms with Crippen LogP contribution in [-0.4, -0.2) is 65.1 Å². The zero-order valence-corrected chi connectivity index (χ0v) is 16.1. The molecule has 0 aliphatic carbocycles. The first-order valence-corrected chi connectivity index (χ1v) is 9.95. The predicted octanol–water partition coefficient (Wildman–Crippen LogP) is 2.82. The first kappa shape index (κ1) is 18.1. The number of pyridine rings is 1. The number of aromatic amines is 1. The van der Waals surface area contributed by atoms with E-state index in [1.54, 1.807) is 12.4 Å². The van der Waals surface area contributed by atoms with E-state index in [0.717, 1.165) is 72.7 Å². The van der Waals surface area contributed by atoms with Crippen molar-refractivity contribution < 1.29 is 14.3 Å². The van der Waals surface area contributed by atoms with E-state index in [-0.39, 0.29) is 6.10 Å². The summed E-state index contributed by atoms with van der Waals surface area (Å²) in [5.41, 5.74) is 4.60. The highest BCUT2D eigenvalue weighted by atomic mass is 16.6. The van der Waals surface area contributed by atoms with E-state index in [4.69, 9.17) is 9.47 Å². The third-order valence-corrected chi connectivity index (χ3v) is 5.57. The fraction of sp³-hybridized carbons (Fsp3) is 0.381. The van der Waals surface area contributed by atoms with Crippen molar-refractivity contribution in [1.82, 2.24) is 20.1 Å². The van der Waals surface area contributed by atoms with Crippen LogP contribution in [0.25, 0.3) is 22.2 Å². The number of fused-ring (bicyclic) bond motifs is 2. The molecule has 1 aromatic carbocycles. The van der Waals surface area contributed by atoms with Crippen LogP contribution in [-0.2, 0) is 15.9 Å². The van der Waals surface area contributed by atoms with E-state index in [0.29, 0.717) is 6.42 Å². The van der Waals surface area contributed by atoms with Gasteiger partial charge in [-0.2, -0.15) is 5.10 Å². The van der Waals surface area contributed by atoms with E-state index in [1.165, 1.54) is 0 Å². The molecule has 8 nitrogen and oxygen atoms in total. The van der Waals surface area contributed by atoms with Gasteiger partial charge in [0.15, 0.2) is 0 Å². The Morgan fingerprint density at radius 2 is 2.00 bits per heavy atom. The first-order chi connectivity index (χ1) is 14.3. The number of benzene rings is 1. The fourth-order valence-electron chi connectivity index (χ4n) is 4.01. The van der Waals surface area contributed by atoms with Crippen molar-refractivity contribution in [3.63, 3.8) is 0 Å². The second kappa shape index (κ2) is 7.81. The van der Waals surface area contributed by atoms with Crippen LogP contribution in [0.3, 0.4) is 0 Å². The summed E-state index contributed by atoms with van der Waals surface area (Å²) < 4.78 is 11.1. The van der Waals surface area contributed by atoms with Crippen molar-refractivity contribution >= 4 is 22.7 Å². The largest absolute Gasteiger partial charge is 0.446 e. The third-order valence-electron chi connectivity index (χ3n) is 5.57.